The maximum absolute atomic E-state index is 12.6. The molecular weight excluding hydrogens is 338 g/mol. The van der Waals surface area contributed by atoms with Crippen molar-refractivity contribution in [3.63, 3.8) is 0 Å². The summed E-state index contributed by atoms with van der Waals surface area (Å²) in [5.74, 6) is 3.63. The minimum absolute atomic E-state index is 0.0522. The second-order valence-electron chi connectivity index (χ2n) is 9.57. The van der Waals surface area contributed by atoms with E-state index in [-0.39, 0.29) is 12.0 Å². The SMILES string of the molecule is O=C(NCC12CC3CC(CC(C3)C1)C2)c1ccc(OCC2CCCO2)cc1. The summed E-state index contributed by atoms with van der Waals surface area (Å²) in [5, 5.41) is 3.25. The lowest BCUT2D eigenvalue weighted by Crippen LogP contribution is -2.51. The van der Waals surface area contributed by atoms with Gasteiger partial charge in [-0.3, -0.25) is 4.79 Å². The second-order valence-corrected chi connectivity index (χ2v) is 9.57. The van der Waals surface area contributed by atoms with E-state index >= 15 is 0 Å². The molecule has 5 aliphatic rings. The fourth-order valence-corrected chi connectivity index (χ4v) is 6.54. The van der Waals surface area contributed by atoms with Crippen LogP contribution in [-0.2, 0) is 4.74 Å². The Bertz CT molecular complexity index is 642. The first-order chi connectivity index (χ1) is 13.2. The van der Waals surface area contributed by atoms with Gasteiger partial charge in [0, 0.05) is 18.7 Å². The third kappa shape index (κ3) is 3.73. The van der Waals surface area contributed by atoms with Crippen LogP contribution in [-0.4, -0.2) is 31.8 Å². The number of benzene rings is 1. The van der Waals surface area contributed by atoms with Crippen molar-refractivity contribution in [1.29, 1.82) is 0 Å². The molecule has 1 heterocycles. The number of ether oxygens (including phenoxy) is 2. The van der Waals surface area contributed by atoms with Crippen molar-refractivity contribution in [1.82, 2.24) is 5.32 Å². The summed E-state index contributed by atoms with van der Waals surface area (Å²) in [6.45, 7) is 2.29. The van der Waals surface area contributed by atoms with Gasteiger partial charge in [0.1, 0.15) is 12.4 Å². The number of carbonyl (C=O) groups is 1. The molecule has 0 radical (unpaired) electrons. The van der Waals surface area contributed by atoms with Crippen molar-refractivity contribution in [2.75, 3.05) is 19.8 Å². The van der Waals surface area contributed by atoms with Crippen LogP contribution >= 0.6 is 0 Å². The zero-order chi connectivity index (χ0) is 18.3. The molecule has 1 unspecified atom stereocenters. The van der Waals surface area contributed by atoms with Gasteiger partial charge in [0.25, 0.3) is 5.91 Å². The van der Waals surface area contributed by atoms with Gasteiger partial charge >= 0.3 is 0 Å². The number of hydrogen-bond donors (Lipinski definition) is 1. The van der Waals surface area contributed by atoms with E-state index in [0.29, 0.717) is 12.0 Å². The molecule has 5 fully saturated rings. The molecule has 1 saturated heterocycles. The van der Waals surface area contributed by atoms with E-state index < -0.39 is 0 Å². The van der Waals surface area contributed by atoms with Crippen LogP contribution in [0.15, 0.2) is 24.3 Å². The summed E-state index contributed by atoms with van der Waals surface area (Å²) in [6, 6.07) is 7.54. The maximum atomic E-state index is 12.6. The number of rotatable bonds is 6. The first-order valence-corrected chi connectivity index (χ1v) is 10.8. The highest BCUT2D eigenvalue weighted by Gasteiger charge is 2.50. The molecule has 0 aromatic heterocycles. The summed E-state index contributed by atoms with van der Waals surface area (Å²) < 4.78 is 11.4. The lowest BCUT2D eigenvalue weighted by molar-refractivity contribution is -0.0503. The third-order valence-electron chi connectivity index (χ3n) is 7.37. The first-order valence-electron chi connectivity index (χ1n) is 10.8. The average molecular weight is 370 g/mol. The molecule has 1 atom stereocenters. The Kier molecular flexibility index (Phi) is 4.63. The molecule has 1 aromatic carbocycles. The molecule has 4 saturated carbocycles. The summed E-state index contributed by atoms with van der Waals surface area (Å²) in [7, 11) is 0. The predicted molar refractivity (Wildman–Crippen MR) is 104 cm³/mol. The minimum Gasteiger partial charge on any atom is -0.491 e. The lowest BCUT2D eigenvalue weighted by atomic mass is 9.49. The second kappa shape index (κ2) is 7.12. The minimum atomic E-state index is 0.0522. The van der Waals surface area contributed by atoms with Gasteiger partial charge in [-0.1, -0.05) is 0 Å². The average Bonchev–Trinajstić information content (AvgIpc) is 3.17. The Labute approximate surface area is 162 Å². The standard InChI is InChI=1S/C23H31NO3/c25-22(19-3-5-20(6-4-19)27-14-21-2-1-7-26-21)24-15-23-11-16-8-17(12-23)10-18(9-16)13-23/h3-6,16-18,21H,1-2,7-15H2,(H,24,25). The molecular formula is C23H31NO3. The summed E-state index contributed by atoms with van der Waals surface area (Å²) >= 11 is 0. The molecule has 1 aliphatic heterocycles. The fourth-order valence-electron chi connectivity index (χ4n) is 6.54. The Balaban J connectivity index is 1.14. The fraction of sp³-hybridized carbons (Fsp3) is 0.696. The molecule has 6 rings (SSSR count). The molecule has 1 aromatic rings. The van der Waals surface area contributed by atoms with E-state index in [9.17, 15) is 4.79 Å². The van der Waals surface area contributed by atoms with Crippen LogP contribution in [0, 0.1) is 23.2 Å². The first kappa shape index (κ1) is 17.5. The summed E-state index contributed by atoms with van der Waals surface area (Å²) in [5.41, 5.74) is 1.11. The van der Waals surface area contributed by atoms with Crippen molar-refractivity contribution in [2.45, 2.75) is 57.5 Å². The smallest absolute Gasteiger partial charge is 0.251 e. The van der Waals surface area contributed by atoms with Crippen LogP contribution < -0.4 is 10.1 Å². The van der Waals surface area contributed by atoms with E-state index in [4.69, 9.17) is 9.47 Å². The van der Waals surface area contributed by atoms with E-state index in [1.807, 2.05) is 24.3 Å². The van der Waals surface area contributed by atoms with Crippen molar-refractivity contribution in [2.24, 2.45) is 23.2 Å². The Morgan fingerprint density at radius 3 is 2.33 bits per heavy atom. The van der Waals surface area contributed by atoms with E-state index in [1.165, 1.54) is 38.5 Å². The molecule has 27 heavy (non-hydrogen) atoms. The number of carbonyl (C=O) groups excluding carboxylic acids is 1. The quantitative estimate of drug-likeness (QED) is 0.818. The molecule has 4 heteroatoms. The Morgan fingerprint density at radius 1 is 1.07 bits per heavy atom. The van der Waals surface area contributed by atoms with Crippen LogP contribution in [0.4, 0.5) is 0 Å². The molecule has 1 N–H and O–H groups in total. The zero-order valence-electron chi connectivity index (χ0n) is 16.1. The Morgan fingerprint density at radius 2 is 1.74 bits per heavy atom. The normalized spacial score (nSPS) is 36.7. The van der Waals surface area contributed by atoms with E-state index in [1.54, 1.807) is 0 Å². The van der Waals surface area contributed by atoms with Crippen LogP contribution in [0.25, 0.3) is 0 Å². The predicted octanol–water partition coefficient (Wildman–Crippen LogP) is 4.19. The lowest BCUT2D eigenvalue weighted by Gasteiger charge is -2.56. The largest absolute Gasteiger partial charge is 0.491 e. The molecule has 4 aliphatic carbocycles. The number of amides is 1. The topological polar surface area (TPSA) is 47.6 Å². The summed E-state index contributed by atoms with van der Waals surface area (Å²) in [4.78, 5) is 12.6. The van der Waals surface area contributed by atoms with Crippen molar-refractivity contribution >= 4 is 5.91 Å². The van der Waals surface area contributed by atoms with E-state index in [2.05, 4.69) is 5.32 Å². The van der Waals surface area contributed by atoms with Gasteiger partial charge in [-0.2, -0.15) is 0 Å². The number of nitrogens with one attached hydrogen (secondary N) is 1. The highest BCUT2D eigenvalue weighted by Crippen LogP contribution is 2.59. The van der Waals surface area contributed by atoms with Crippen LogP contribution in [0.1, 0.15) is 61.7 Å². The van der Waals surface area contributed by atoms with Gasteiger partial charge in [0.2, 0.25) is 0 Å². The molecule has 146 valence electrons. The number of hydrogen-bond acceptors (Lipinski definition) is 3. The summed E-state index contributed by atoms with van der Waals surface area (Å²) in [6.07, 6.45) is 10.7. The van der Waals surface area contributed by atoms with Gasteiger partial charge in [-0.25, -0.2) is 0 Å². The van der Waals surface area contributed by atoms with Gasteiger partial charge < -0.3 is 14.8 Å². The molecule has 4 nitrogen and oxygen atoms in total. The van der Waals surface area contributed by atoms with Gasteiger partial charge in [0.15, 0.2) is 0 Å². The Hall–Kier alpha value is -1.55. The van der Waals surface area contributed by atoms with Crippen LogP contribution in [0.5, 0.6) is 5.75 Å². The van der Waals surface area contributed by atoms with Gasteiger partial charge in [-0.05, 0) is 98.8 Å². The van der Waals surface area contributed by atoms with Crippen LogP contribution in [0.3, 0.4) is 0 Å². The van der Waals surface area contributed by atoms with Gasteiger partial charge in [0.05, 0.1) is 6.10 Å². The van der Waals surface area contributed by atoms with Crippen molar-refractivity contribution in [3.8, 4) is 5.75 Å². The van der Waals surface area contributed by atoms with Crippen molar-refractivity contribution < 1.29 is 14.3 Å². The molecule has 1 amide bonds. The van der Waals surface area contributed by atoms with Crippen molar-refractivity contribution in [3.05, 3.63) is 29.8 Å². The monoisotopic (exact) mass is 369 g/mol. The molecule has 4 bridgehead atoms. The highest BCUT2D eigenvalue weighted by molar-refractivity contribution is 5.94. The van der Waals surface area contributed by atoms with Gasteiger partial charge in [-0.15, -0.1) is 0 Å². The zero-order valence-corrected chi connectivity index (χ0v) is 16.1. The molecule has 0 spiro atoms. The highest BCUT2D eigenvalue weighted by atomic mass is 16.5. The van der Waals surface area contributed by atoms with Crippen LogP contribution in [0.2, 0.25) is 0 Å². The maximum Gasteiger partial charge on any atom is 0.251 e. The van der Waals surface area contributed by atoms with E-state index in [0.717, 1.165) is 55.1 Å². The third-order valence-corrected chi connectivity index (χ3v) is 7.37.